The number of pyridine rings is 1. The van der Waals surface area contributed by atoms with Gasteiger partial charge in [-0.1, -0.05) is 30.4 Å². The summed E-state index contributed by atoms with van der Waals surface area (Å²) in [7, 11) is 0. The molecule has 0 aliphatic rings. The van der Waals surface area contributed by atoms with E-state index in [-0.39, 0.29) is 0 Å². The van der Waals surface area contributed by atoms with Crippen LogP contribution in [0.3, 0.4) is 0 Å². The van der Waals surface area contributed by atoms with Crippen LogP contribution in [0, 0.1) is 11.8 Å². The summed E-state index contributed by atoms with van der Waals surface area (Å²) in [4.78, 5) is 15.6. The Labute approximate surface area is 118 Å². The fraction of sp³-hybridized carbons (Fsp3) is 0.429. The van der Waals surface area contributed by atoms with Crippen molar-refractivity contribution in [1.82, 2.24) is 4.98 Å². The maximum absolute atomic E-state index is 11.7. The van der Waals surface area contributed by atoms with Crippen LogP contribution in [0.25, 0.3) is 0 Å². The average molecular weight is 281 g/mol. The van der Waals surface area contributed by atoms with Crippen LogP contribution in [-0.4, -0.2) is 16.7 Å². The Hall–Kier alpha value is -1.73. The number of carbonyl (C=O) groups is 1. The lowest BCUT2D eigenvalue weighted by molar-refractivity contribution is 0.0636. The number of hydrogen-bond donors (Lipinski definition) is 1. The molecule has 102 valence electrons. The third kappa shape index (κ3) is 5.62. The summed E-state index contributed by atoms with van der Waals surface area (Å²) >= 11 is 5.82. The predicted octanol–water partition coefficient (Wildman–Crippen LogP) is 3.84. The van der Waals surface area contributed by atoms with Crippen LogP contribution in [0.2, 0.25) is 5.15 Å². The molecule has 4 nitrogen and oxygen atoms in total. The molecule has 5 heteroatoms. The quantitative estimate of drug-likeness (QED) is 0.628. The van der Waals surface area contributed by atoms with E-state index < -0.39 is 11.7 Å². The van der Waals surface area contributed by atoms with Crippen molar-refractivity contribution in [2.45, 2.75) is 39.7 Å². The Morgan fingerprint density at radius 3 is 2.79 bits per heavy atom. The summed E-state index contributed by atoms with van der Waals surface area (Å²) in [6, 6.07) is 1.61. The first-order chi connectivity index (χ1) is 8.81. The highest BCUT2D eigenvalue weighted by Gasteiger charge is 2.17. The van der Waals surface area contributed by atoms with Gasteiger partial charge in [0, 0.05) is 6.42 Å². The molecule has 0 spiro atoms. The zero-order chi connectivity index (χ0) is 14.5. The maximum Gasteiger partial charge on any atom is 0.412 e. The van der Waals surface area contributed by atoms with Crippen LogP contribution in [0.15, 0.2) is 12.3 Å². The zero-order valence-electron chi connectivity index (χ0n) is 11.5. The number of carbonyl (C=O) groups excluding carboxylic acids is 1. The van der Waals surface area contributed by atoms with Crippen molar-refractivity contribution in [3.8, 4) is 11.8 Å². The molecule has 0 saturated heterocycles. The number of hydrogen-bond acceptors (Lipinski definition) is 3. The van der Waals surface area contributed by atoms with E-state index in [9.17, 15) is 4.79 Å². The van der Waals surface area contributed by atoms with E-state index in [1.165, 1.54) is 6.20 Å². The SMILES string of the molecule is CCC#Cc1cc(Cl)ncc1NC(=O)OC(C)(C)C. The van der Waals surface area contributed by atoms with Gasteiger partial charge in [0.05, 0.1) is 17.4 Å². The number of halogens is 1. The molecule has 0 bridgehead atoms. The minimum Gasteiger partial charge on any atom is -0.444 e. The highest BCUT2D eigenvalue weighted by Crippen LogP contribution is 2.18. The smallest absolute Gasteiger partial charge is 0.412 e. The molecule has 1 N–H and O–H groups in total. The highest BCUT2D eigenvalue weighted by atomic mass is 35.5. The summed E-state index contributed by atoms with van der Waals surface area (Å²) in [6.45, 7) is 7.33. The van der Waals surface area contributed by atoms with Crippen LogP contribution >= 0.6 is 11.6 Å². The number of amides is 1. The van der Waals surface area contributed by atoms with E-state index >= 15 is 0 Å². The summed E-state index contributed by atoms with van der Waals surface area (Å²) in [5.41, 5.74) is 0.548. The molecule has 1 aromatic heterocycles. The van der Waals surface area contributed by atoms with Crippen LogP contribution in [0.4, 0.5) is 10.5 Å². The van der Waals surface area contributed by atoms with Crippen molar-refractivity contribution in [2.75, 3.05) is 5.32 Å². The third-order valence-electron chi connectivity index (χ3n) is 1.91. The van der Waals surface area contributed by atoms with E-state index in [0.29, 0.717) is 22.8 Å². The molecule has 0 atom stereocenters. The van der Waals surface area contributed by atoms with Gasteiger partial charge in [0.25, 0.3) is 0 Å². The van der Waals surface area contributed by atoms with Crippen molar-refractivity contribution >= 4 is 23.4 Å². The molecule has 19 heavy (non-hydrogen) atoms. The molecular formula is C14H17ClN2O2. The normalized spacial score (nSPS) is 10.4. The van der Waals surface area contributed by atoms with Gasteiger partial charge in [-0.3, -0.25) is 5.32 Å². The van der Waals surface area contributed by atoms with Gasteiger partial charge < -0.3 is 4.74 Å². The van der Waals surface area contributed by atoms with Gasteiger partial charge in [-0.15, -0.1) is 0 Å². The van der Waals surface area contributed by atoms with Gasteiger partial charge in [-0.2, -0.15) is 0 Å². The first-order valence-electron chi connectivity index (χ1n) is 5.96. The Kier molecular flexibility index (Phi) is 5.20. The lowest BCUT2D eigenvalue weighted by Gasteiger charge is -2.19. The minimum absolute atomic E-state index is 0.329. The van der Waals surface area contributed by atoms with E-state index in [0.717, 1.165) is 0 Å². The Bertz CT molecular complexity index is 524. The van der Waals surface area contributed by atoms with Gasteiger partial charge in [-0.05, 0) is 26.8 Å². The van der Waals surface area contributed by atoms with Crippen molar-refractivity contribution in [3.63, 3.8) is 0 Å². The summed E-state index contributed by atoms with van der Waals surface area (Å²) in [5, 5.41) is 2.95. The second kappa shape index (κ2) is 6.44. The second-order valence-electron chi connectivity index (χ2n) is 4.83. The van der Waals surface area contributed by atoms with E-state index in [1.807, 2.05) is 6.92 Å². The molecule has 1 heterocycles. The first kappa shape index (κ1) is 15.3. The minimum atomic E-state index is -0.556. The van der Waals surface area contributed by atoms with Crippen LogP contribution in [0.1, 0.15) is 39.7 Å². The standard InChI is InChI=1S/C14H17ClN2O2/c1-5-6-7-10-8-12(15)16-9-11(10)17-13(18)19-14(2,3)4/h8-9H,5H2,1-4H3,(H,17,18). The molecule has 1 amide bonds. The van der Waals surface area contributed by atoms with Gasteiger partial charge in [0.2, 0.25) is 0 Å². The van der Waals surface area contributed by atoms with Gasteiger partial charge in [0.1, 0.15) is 10.8 Å². The van der Waals surface area contributed by atoms with Crippen molar-refractivity contribution in [2.24, 2.45) is 0 Å². The van der Waals surface area contributed by atoms with E-state index in [2.05, 4.69) is 22.1 Å². The zero-order valence-corrected chi connectivity index (χ0v) is 12.3. The number of ether oxygens (including phenoxy) is 1. The molecule has 0 aromatic carbocycles. The van der Waals surface area contributed by atoms with Crippen LogP contribution in [-0.2, 0) is 4.74 Å². The topological polar surface area (TPSA) is 51.2 Å². The van der Waals surface area contributed by atoms with Crippen molar-refractivity contribution in [3.05, 3.63) is 23.0 Å². The monoisotopic (exact) mass is 280 g/mol. The van der Waals surface area contributed by atoms with Gasteiger partial charge in [0.15, 0.2) is 0 Å². The molecule has 0 aliphatic heterocycles. The molecule has 1 aromatic rings. The van der Waals surface area contributed by atoms with E-state index in [1.54, 1.807) is 26.8 Å². The number of aromatic nitrogens is 1. The summed E-state index contributed by atoms with van der Waals surface area (Å²) < 4.78 is 5.17. The Balaban J connectivity index is 2.91. The molecule has 0 radical (unpaired) electrons. The highest BCUT2D eigenvalue weighted by molar-refractivity contribution is 6.29. The Morgan fingerprint density at radius 2 is 2.21 bits per heavy atom. The number of anilines is 1. The van der Waals surface area contributed by atoms with Gasteiger partial charge in [-0.25, -0.2) is 9.78 Å². The second-order valence-corrected chi connectivity index (χ2v) is 5.22. The molecule has 1 rings (SSSR count). The lowest BCUT2D eigenvalue weighted by atomic mass is 10.2. The van der Waals surface area contributed by atoms with Gasteiger partial charge >= 0.3 is 6.09 Å². The molecular weight excluding hydrogens is 264 g/mol. The van der Waals surface area contributed by atoms with Crippen LogP contribution in [0.5, 0.6) is 0 Å². The fourth-order valence-corrected chi connectivity index (χ4v) is 1.39. The maximum atomic E-state index is 11.7. The van der Waals surface area contributed by atoms with Crippen molar-refractivity contribution in [1.29, 1.82) is 0 Å². The fourth-order valence-electron chi connectivity index (χ4n) is 1.23. The Morgan fingerprint density at radius 1 is 1.53 bits per heavy atom. The summed E-state index contributed by atoms with van der Waals surface area (Å²) in [5.74, 6) is 5.85. The molecule has 0 aliphatic carbocycles. The first-order valence-corrected chi connectivity index (χ1v) is 6.34. The molecule has 0 fully saturated rings. The average Bonchev–Trinajstić information content (AvgIpc) is 2.27. The number of rotatable bonds is 1. The molecule has 0 unspecified atom stereocenters. The van der Waals surface area contributed by atoms with Crippen LogP contribution < -0.4 is 5.32 Å². The number of nitrogens with one attached hydrogen (secondary N) is 1. The van der Waals surface area contributed by atoms with Crippen molar-refractivity contribution < 1.29 is 9.53 Å². The lowest BCUT2D eigenvalue weighted by Crippen LogP contribution is -2.27. The predicted molar refractivity (Wildman–Crippen MR) is 76.3 cm³/mol. The number of nitrogens with zero attached hydrogens (tertiary/aromatic N) is 1. The molecule has 0 saturated carbocycles. The summed E-state index contributed by atoms with van der Waals surface area (Å²) in [6.07, 6.45) is 1.63. The third-order valence-corrected chi connectivity index (χ3v) is 2.11. The largest absolute Gasteiger partial charge is 0.444 e. The van der Waals surface area contributed by atoms with E-state index in [4.69, 9.17) is 16.3 Å².